The number of aryl methyl sites for hydroxylation is 1. The van der Waals surface area contributed by atoms with Crippen molar-refractivity contribution in [3.63, 3.8) is 0 Å². The molecule has 1 N–H and O–H groups in total. The van der Waals surface area contributed by atoms with Crippen LogP contribution in [0.4, 0.5) is 5.82 Å². The van der Waals surface area contributed by atoms with Crippen LogP contribution in [0, 0.1) is 12.8 Å². The van der Waals surface area contributed by atoms with Gasteiger partial charge >= 0.3 is 0 Å². The van der Waals surface area contributed by atoms with Gasteiger partial charge in [0.25, 0.3) is 0 Å². The van der Waals surface area contributed by atoms with Crippen molar-refractivity contribution < 1.29 is 13.9 Å². The fraction of sp³-hybridized carbons (Fsp3) is 0.348. The minimum atomic E-state index is -0.0651. The van der Waals surface area contributed by atoms with Gasteiger partial charge in [-0.3, -0.25) is 4.79 Å². The summed E-state index contributed by atoms with van der Waals surface area (Å²) in [6, 6.07) is 15.4. The molecule has 1 aromatic carbocycles. The Morgan fingerprint density at radius 1 is 1.20 bits per heavy atom. The first kappa shape index (κ1) is 19.9. The standard InChI is InChI=1S/C23H26N4O3/c1-17-6-8-19(9-7-17)29-15-12-24-23(28)18-4-2-13-27(16-18)22-11-10-20(25-26-22)21-5-3-14-30-21/h3,5-11,14,18H,2,4,12-13,15-16H2,1H3,(H,24,28). The van der Waals surface area contributed by atoms with Gasteiger partial charge in [0.2, 0.25) is 5.91 Å². The lowest BCUT2D eigenvalue weighted by Gasteiger charge is -2.32. The normalized spacial score (nSPS) is 16.3. The smallest absolute Gasteiger partial charge is 0.225 e. The molecule has 30 heavy (non-hydrogen) atoms. The van der Waals surface area contributed by atoms with Crippen LogP contribution in [0.1, 0.15) is 18.4 Å². The highest BCUT2D eigenvalue weighted by Gasteiger charge is 2.26. The van der Waals surface area contributed by atoms with Crippen LogP contribution in [0.25, 0.3) is 11.5 Å². The maximum absolute atomic E-state index is 12.6. The molecule has 0 aliphatic carbocycles. The number of hydrogen-bond acceptors (Lipinski definition) is 6. The third kappa shape index (κ3) is 4.97. The highest BCUT2D eigenvalue weighted by Crippen LogP contribution is 2.23. The van der Waals surface area contributed by atoms with E-state index in [-0.39, 0.29) is 11.8 Å². The van der Waals surface area contributed by atoms with Gasteiger partial charge in [-0.2, -0.15) is 0 Å². The third-order valence-electron chi connectivity index (χ3n) is 5.23. The Kier molecular flexibility index (Phi) is 6.27. The predicted molar refractivity (Wildman–Crippen MR) is 114 cm³/mol. The second-order valence-corrected chi connectivity index (χ2v) is 7.49. The maximum Gasteiger partial charge on any atom is 0.225 e. The van der Waals surface area contributed by atoms with Crippen LogP contribution >= 0.6 is 0 Å². The van der Waals surface area contributed by atoms with Crippen molar-refractivity contribution in [1.29, 1.82) is 0 Å². The van der Waals surface area contributed by atoms with E-state index >= 15 is 0 Å². The Hall–Kier alpha value is -3.35. The fourth-order valence-corrected chi connectivity index (χ4v) is 3.57. The molecular weight excluding hydrogens is 380 g/mol. The molecule has 0 spiro atoms. The summed E-state index contributed by atoms with van der Waals surface area (Å²) >= 11 is 0. The molecule has 2 aromatic heterocycles. The molecule has 1 aliphatic rings. The van der Waals surface area contributed by atoms with E-state index in [0.29, 0.717) is 31.2 Å². The van der Waals surface area contributed by atoms with Crippen molar-refractivity contribution in [3.05, 3.63) is 60.4 Å². The zero-order valence-electron chi connectivity index (χ0n) is 17.1. The molecule has 7 heteroatoms. The number of nitrogens with zero attached hydrogens (tertiary/aromatic N) is 3. The fourth-order valence-electron chi connectivity index (χ4n) is 3.57. The van der Waals surface area contributed by atoms with Crippen molar-refractivity contribution in [1.82, 2.24) is 15.5 Å². The van der Waals surface area contributed by atoms with Crippen LogP contribution in [0.2, 0.25) is 0 Å². The molecule has 1 unspecified atom stereocenters. The average molecular weight is 406 g/mol. The molecule has 1 aliphatic heterocycles. The molecule has 3 heterocycles. The maximum atomic E-state index is 12.6. The van der Waals surface area contributed by atoms with Gasteiger partial charge in [0.05, 0.1) is 18.7 Å². The predicted octanol–water partition coefficient (Wildman–Crippen LogP) is 3.46. The van der Waals surface area contributed by atoms with Crippen LogP contribution in [-0.4, -0.2) is 42.3 Å². The Morgan fingerprint density at radius 2 is 2.07 bits per heavy atom. The quantitative estimate of drug-likeness (QED) is 0.606. The zero-order valence-corrected chi connectivity index (χ0v) is 17.1. The number of rotatable bonds is 7. The number of furan rings is 1. The van der Waals surface area contributed by atoms with E-state index in [1.165, 1.54) is 5.56 Å². The molecule has 3 aromatic rings. The number of piperidine rings is 1. The lowest BCUT2D eigenvalue weighted by atomic mass is 9.97. The first-order valence-electron chi connectivity index (χ1n) is 10.3. The van der Waals surface area contributed by atoms with Gasteiger partial charge in [0.1, 0.15) is 18.1 Å². The van der Waals surface area contributed by atoms with Crippen molar-refractivity contribution in [2.24, 2.45) is 5.92 Å². The molecular formula is C23H26N4O3. The minimum Gasteiger partial charge on any atom is -0.492 e. The lowest BCUT2D eigenvalue weighted by Crippen LogP contribution is -2.44. The molecule has 156 valence electrons. The summed E-state index contributed by atoms with van der Waals surface area (Å²) in [7, 11) is 0. The van der Waals surface area contributed by atoms with E-state index in [2.05, 4.69) is 20.4 Å². The second kappa shape index (κ2) is 9.43. The number of carbonyl (C=O) groups excluding carboxylic acids is 1. The van der Waals surface area contributed by atoms with Gasteiger partial charge in [-0.1, -0.05) is 17.7 Å². The van der Waals surface area contributed by atoms with E-state index < -0.39 is 0 Å². The average Bonchev–Trinajstić information content (AvgIpc) is 3.33. The Labute approximate surface area is 176 Å². The summed E-state index contributed by atoms with van der Waals surface area (Å²) in [5.74, 6) is 2.29. The van der Waals surface area contributed by atoms with E-state index in [1.54, 1.807) is 6.26 Å². The number of anilines is 1. The van der Waals surface area contributed by atoms with Crippen LogP contribution in [0.3, 0.4) is 0 Å². The molecule has 1 fully saturated rings. The molecule has 7 nitrogen and oxygen atoms in total. The van der Waals surface area contributed by atoms with Crippen molar-refractivity contribution >= 4 is 11.7 Å². The van der Waals surface area contributed by atoms with Crippen LogP contribution in [0.5, 0.6) is 5.75 Å². The van der Waals surface area contributed by atoms with Gasteiger partial charge in [0.15, 0.2) is 11.6 Å². The highest BCUT2D eigenvalue weighted by molar-refractivity contribution is 5.79. The number of carbonyl (C=O) groups is 1. The zero-order chi connectivity index (χ0) is 20.8. The van der Waals surface area contributed by atoms with Crippen LogP contribution < -0.4 is 15.0 Å². The van der Waals surface area contributed by atoms with Crippen LogP contribution in [0.15, 0.2) is 59.2 Å². The summed E-state index contributed by atoms with van der Waals surface area (Å²) < 4.78 is 11.0. The largest absolute Gasteiger partial charge is 0.492 e. The lowest BCUT2D eigenvalue weighted by molar-refractivity contribution is -0.125. The van der Waals surface area contributed by atoms with E-state index in [1.807, 2.05) is 55.5 Å². The van der Waals surface area contributed by atoms with E-state index in [9.17, 15) is 4.79 Å². The summed E-state index contributed by atoms with van der Waals surface area (Å²) in [4.78, 5) is 14.7. The van der Waals surface area contributed by atoms with Gasteiger partial charge in [-0.15, -0.1) is 10.2 Å². The van der Waals surface area contributed by atoms with Gasteiger partial charge < -0.3 is 19.4 Å². The number of amides is 1. The molecule has 1 atom stereocenters. The third-order valence-corrected chi connectivity index (χ3v) is 5.23. The number of ether oxygens (including phenoxy) is 1. The van der Waals surface area contributed by atoms with E-state index in [0.717, 1.165) is 31.0 Å². The Morgan fingerprint density at radius 3 is 2.80 bits per heavy atom. The van der Waals surface area contributed by atoms with Gasteiger partial charge in [0, 0.05) is 13.1 Å². The summed E-state index contributed by atoms with van der Waals surface area (Å²) in [6.45, 7) is 4.48. The number of hydrogen-bond donors (Lipinski definition) is 1. The molecule has 0 bridgehead atoms. The molecule has 1 saturated heterocycles. The molecule has 4 rings (SSSR count). The first-order chi connectivity index (χ1) is 14.7. The van der Waals surface area contributed by atoms with Gasteiger partial charge in [-0.25, -0.2) is 0 Å². The van der Waals surface area contributed by atoms with Crippen molar-refractivity contribution in [2.75, 3.05) is 31.1 Å². The number of nitrogens with one attached hydrogen (secondary N) is 1. The molecule has 1 amide bonds. The van der Waals surface area contributed by atoms with Crippen molar-refractivity contribution in [3.8, 4) is 17.2 Å². The Balaban J connectivity index is 1.25. The SMILES string of the molecule is Cc1ccc(OCCNC(=O)C2CCCN(c3ccc(-c4ccco4)nn3)C2)cc1. The summed E-state index contributed by atoms with van der Waals surface area (Å²) in [5, 5.41) is 11.6. The van der Waals surface area contributed by atoms with E-state index in [4.69, 9.17) is 9.15 Å². The highest BCUT2D eigenvalue weighted by atomic mass is 16.5. The second-order valence-electron chi connectivity index (χ2n) is 7.49. The summed E-state index contributed by atoms with van der Waals surface area (Å²) in [5.41, 5.74) is 1.89. The number of aromatic nitrogens is 2. The molecule has 0 saturated carbocycles. The first-order valence-corrected chi connectivity index (χ1v) is 10.3. The monoisotopic (exact) mass is 406 g/mol. The number of benzene rings is 1. The molecule has 0 radical (unpaired) electrons. The van der Waals surface area contributed by atoms with Crippen molar-refractivity contribution in [2.45, 2.75) is 19.8 Å². The minimum absolute atomic E-state index is 0.0624. The van der Waals surface area contributed by atoms with Crippen LogP contribution in [-0.2, 0) is 4.79 Å². The topological polar surface area (TPSA) is 80.5 Å². The summed E-state index contributed by atoms with van der Waals surface area (Å²) in [6.07, 6.45) is 3.43. The Bertz CT molecular complexity index is 940. The van der Waals surface area contributed by atoms with Gasteiger partial charge in [-0.05, 0) is 56.2 Å².